The minimum absolute atomic E-state index is 0.376. The summed E-state index contributed by atoms with van der Waals surface area (Å²) in [5.41, 5.74) is 6.55. The predicted octanol–water partition coefficient (Wildman–Crippen LogP) is 1.62. The molecule has 1 aliphatic rings. The first-order valence-corrected chi connectivity index (χ1v) is 6.57. The van der Waals surface area contributed by atoms with Crippen LogP contribution in [0.4, 0.5) is 0 Å². The van der Waals surface area contributed by atoms with Crippen molar-refractivity contribution in [2.75, 3.05) is 0 Å². The maximum Gasteiger partial charge on any atom is 0.183 e. The quantitative estimate of drug-likeness (QED) is 0.783. The fourth-order valence-electron chi connectivity index (χ4n) is 1.69. The second-order valence-corrected chi connectivity index (χ2v) is 6.65. The Morgan fingerprint density at radius 2 is 2.07 bits per heavy atom. The molecule has 1 aromatic rings. The fraction of sp³-hybridized carbons (Fsp3) is 0.333. The van der Waals surface area contributed by atoms with Gasteiger partial charge in [-0.3, -0.25) is 0 Å². The van der Waals surface area contributed by atoms with E-state index in [9.17, 15) is 8.42 Å². The van der Waals surface area contributed by atoms with Gasteiger partial charge in [-0.05, 0) is 30.7 Å². The number of nitrogens with two attached hydrogens (primary N) is 1. The third kappa shape index (κ3) is 1.23. The van der Waals surface area contributed by atoms with Gasteiger partial charge in [0.15, 0.2) is 9.84 Å². The highest BCUT2D eigenvalue weighted by atomic mass is 79.9. The van der Waals surface area contributed by atoms with Gasteiger partial charge in [-0.1, -0.05) is 15.9 Å². The van der Waals surface area contributed by atoms with Gasteiger partial charge in [0.25, 0.3) is 0 Å². The number of rotatable bonds is 0. The highest BCUT2D eigenvalue weighted by Crippen LogP contribution is 2.38. The molecule has 0 aliphatic carbocycles. The molecular weight excluding hydrogens is 266 g/mol. The van der Waals surface area contributed by atoms with Crippen molar-refractivity contribution in [2.24, 2.45) is 5.73 Å². The van der Waals surface area contributed by atoms with E-state index in [2.05, 4.69) is 15.9 Å². The van der Waals surface area contributed by atoms with Crippen LogP contribution in [0.3, 0.4) is 0 Å². The van der Waals surface area contributed by atoms with Crippen LogP contribution in [0, 0.1) is 0 Å². The van der Waals surface area contributed by atoms with E-state index in [4.69, 9.17) is 5.73 Å². The van der Waals surface area contributed by atoms with Crippen LogP contribution in [0.1, 0.15) is 18.5 Å². The van der Waals surface area contributed by atoms with Crippen LogP contribution in [-0.2, 0) is 9.84 Å². The van der Waals surface area contributed by atoms with Crippen LogP contribution in [0.25, 0.3) is 0 Å². The van der Waals surface area contributed by atoms with Crippen LogP contribution in [0.5, 0.6) is 0 Å². The molecule has 2 atom stereocenters. The average Bonchev–Trinajstić information content (AvgIpc) is 2.28. The standard InChI is InChI=1S/C9H10BrNO2S/c1-5-9(11)7-4-6(10)2-3-8(7)14(5,12)13/h2-5,9H,11H2,1H3/t5-,9-/m0/s1. The van der Waals surface area contributed by atoms with Crippen molar-refractivity contribution < 1.29 is 8.42 Å². The normalized spacial score (nSPS) is 28.8. The zero-order chi connectivity index (χ0) is 10.5. The molecule has 5 heteroatoms. The average molecular weight is 276 g/mol. The Morgan fingerprint density at radius 3 is 2.71 bits per heavy atom. The number of benzene rings is 1. The van der Waals surface area contributed by atoms with E-state index in [0.29, 0.717) is 10.5 Å². The van der Waals surface area contributed by atoms with E-state index in [1.807, 2.05) is 0 Å². The number of halogens is 1. The van der Waals surface area contributed by atoms with Crippen LogP contribution >= 0.6 is 15.9 Å². The van der Waals surface area contributed by atoms with E-state index in [0.717, 1.165) is 4.47 Å². The molecule has 0 amide bonds. The van der Waals surface area contributed by atoms with Crippen LogP contribution in [0.2, 0.25) is 0 Å². The third-order valence-electron chi connectivity index (χ3n) is 2.63. The maximum absolute atomic E-state index is 11.8. The van der Waals surface area contributed by atoms with Gasteiger partial charge >= 0.3 is 0 Å². The van der Waals surface area contributed by atoms with Crippen molar-refractivity contribution in [3.05, 3.63) is 28.2 Å². The molecule has 1 heterocycles. The first-order valence-electron chi connectivity index (χ1n) is 4.23. The van der Waals surface area contributed by atoms with E-state index in [1.54, 1.807) is 25.1 Å². The molecule has 0 aromatic heterocycles. The minimum atomic E-state index is -3.20. The summed E-state index contributed by atoms with van der Waals surface area (Å²) in [7, 11) is -3.20. The Hall–Kier alpha value is -0.390. The molecule has 3 nitrogen and oxygen atoms in total. The number of fused-ring (bicyclic) bond motifs is 1. The maximum atomic E-state index is 11.8. The minimum Gasteiger partial charge on any atom is -0.323 e. The Kier molecular flexibility index (Phi) is 2.21. The van der Waals surface area contributed by atoms with Crippen molar-refractivity contribution in [2.45, 2.75) is 23.1 Å². The monoisotopic (exact) mass is 275 g/mol. The van der Waals surface area contributed by atoms with Crippen molar-refractivity contribution in [1.29, 1.82) is 0 Å². The van der Waals surface area contributed by atoms with E-state index in [1.165, 1.54) is 0 Å². The van der Waals surface area contributed by atoms with Crippen molar-refractivity contribution in [1.82, 2.24) is 0 Å². The summed E-state index contributed by atoms with van der Waals surface area (Å²) >= 11 is 3.30. The molecule has 0 bridgehead atoms. The second-order valence-electron chi connectivity index (χ2n) is 3.46. The summed E-state index contributed by atoms with van der Waals surface area (Å²) in [6, 6.07) is 4.70. The Labute approximate surface area is 91.4 Å². The molecule has 2 rings (SSSR count). The van der Waals surface area contributed by atoms with Gasteiger partial charge in [0.2, 0.25) is 0 Å². The van der Waals surface area contributed by atoms with Gasteiger partial charge in [-0.2, -0.15) is 0 Å². The van der Waals surface area contributed by atoms with Crippen molar-refractivity contribution in [3.8, 4) is 0 Å². The number of hydrogen-bond acceptors (Lipinski definition) is 3. The third-order valence-corrected chi connectivity index (χ3v) is 5.38. The lowest BCUT2D eigenvalue weighted by Gasteiger charge is -2.07. The molecule has 14 heavy (non-hydrogen) atoms. The fourth-order valence-corrected chi connectivity index (χ4v) is 3.78. The molecule has 2 N–H and O–H groups in total. The Balaban J connectivity index is 2.75. The predicted molar refractivity (Wildman–Crippen MR) is 57.7 cm³/mol. The topological polar surface area (TPSA) is 60.2 Å². The van der Waals surface area contributed by atoms with Crippen molar-refractivity contribution >= 4 is 25.8 Å². The molecular formula is C9H10BrNO2S. The molecule has 0 radical (unpaired) electrons. The first-order chi connectivity index (χ1) is 6.44. The van der Waals surface area contributed by atoms with Gasteiger partial charge in [-0.15, -0.1) is 0 Å². The van der Waals surface area contributed by atoms with E-state index >= 15 is 0 Å². The summed E-state index contributed by atoms with van der Waals surface area (Å²) in [5, 5.41) is -0.521. The molecule has 0 unspecified atom stereocenters. The van der Waals surface area contributed by atoms with Gasteiger partial charge in [0.1, 0.15) is 0 Å². The van der Waals surface area contributed by atoms with E-state index < -0.39 is 21.1 Å². The zero-order valence-electron chi connectivity index (χ0n) is 7.57. The van der Waals surface area contributed by atoms with E-state index in [-0.39, 0.29) is 0 Å². The lowest BCUT2D eigenvalue weighted by atomic mass is 10.1. The van der Waals surface area contributed by atoms with Crippen LogP contribution in [-0.4, -0.2) is 13.7 Å². The van der Waals surface area contributed by atoms with Crippen LogP contribution < -0.4 is 5.73 Å². The zero-order valence-corrected chi connectivity index (χ0v) is 9.97. The Bertz CT molecular complexity index is 484. The lowest BCUT2D eigenvalue weighted by molar-refractivity contribution is 0.581. The summed E-state index contributed by atoms with van der Waals surface area (Å²) in [6.45, 7) is 1.65. The molecule has 0 saturated carbocycles. The summed E-state index contributed by atoms with van der Waals surface area (Å²) in [6.07, 6.45) is 0. The van der Waals surface area contributed by atoms with Gasteiger partial charge < -0.3 is 5.73 Å². The molecule has 0 spiro atoms. The lowest BCUT2D eigenvalue weighted by Crippen LogP contribution is -2.23. The van der Waals surface area contributed by atoms with Gasteiger partial charge in [0.05, 0.1) is 10.1 Å². The largest absolute Gasteiger partial charge is 0.323 e. The molecule has 76 valence electrons. The van der Waals surface area contributed by atoms with Crippen LogP contribution in [0.15, 0.2) is 27.6 Å². The summed E-state index contributed by atoms with van der Waals surface area (Å²) in [5.74, 6) is 0. The number of sulfone groups is 1. The highest BCUT2D eigenvalue weighted by molar-refractivity contribution is 9.10. The highest BCUT2D eigenvalue weighted by Gasteiger charge is 2.39. The molecule has 0 saturated heterocycles. The molecule has 0 fully saturated rings. The van der Waals surface area contributed by atoms with Gasteiger partial charge in [-0.25, -0.2) is 8.42 Å². The van der Waals surface area contributed by atoms with Gasteiger partial charge in [0, 0.05) is 10.5 Å². The number of hydrogen-bond donors (Lipinski definition) is 1. The summed E-state index contributed by atoms with van der Waals surface area (Å²) < 4.78 is 24.5. The van der Waals surface area contributed by atoms with Crippen molar-refractivity contribution in [3.63, 3.8) is 0 Å². The Morgan fingerprint density at radius 1 is 1.43 bits per heavy atom. The SMILES string of the molecule is C[C@H]1[C@H](N)c2cc(Br)ccc2S1(=O)=O. The molecule has 1 aromatic carbocycles. The molecule has 1 aliphatic heterocycles. The second kappa shape index (κ2) is 3.05. The first kappa shape index (κ1) is 10.1. The smallest absolute Gasteiger partial charge is 0.183 e. The summed E-state index contributed by atoms with van der Waals surface area (Å²) in [4.78, 5) is 0.376.